The van der Waals surface area contributed by atoms with Gasteiger partial charge in [-0.3, -0.25) is 11.3 Å². The van der Waals surface area contributed by atoms with Crippen molar-refractivity contribution in [2.24, 2.45) is 5.84 Å². The number of nitrogens with two attached hydrogens (primary N) is 1. The summed E-state index contributed by atoms with van der Waals surface area (Å²) in [6, 6.07) is 9.58. The molecule has 2 nitrogen and oxygen atoms in total. The molecular formula is C14H12Cl3FN2. The van der Waals surface area contributed by atoms with Crippen LogP contribution in [-0.4, -0.2) is 0 Å². The van der Waals surface area contributed by atoms with Crippen molar-refractivity contribution >= 4 is 34.8 Å². The zero-order valence-electron chi connectivity index (χ0n) is 10.3. The van der Waals surface area contributed by atoms with Crippen LogP contribution < -0.4 is 11.3 Å². The summed E-state index contributed by atoms with van der Waals surface area (Å²) in [7, 11) is 0. The average Bonchev–Trinajstić information content (AvgIpc) is 2.38. The van der Waals surface area contributed by atoms with E-state index in [1.54, 1.807) is 30.3 Å². The van der Waals surface area contributed by atoms with Gasteiger partial charge in [0.05, 0.1) is 11.1 Å². The van der Waals surface area contributed by atoms with Crippen LogP contribution in [0.25, 0.3) is 0 Å². The molecule has 0 spiro atoms. The summed E-state index contributed by atoms with van der Waals surface area (Å²) in [5, 5.41) is 1.15. The number of hydrogen-bond acceptors (Lipinski definition) is 2. The molecule has 20 heavy (non-hydrogen) atoms. The first-order chi connectivity index (χ1) is 9.49. The number of rotatable bonds is 4. The van der Waals surface area contributed by atoms with Gasteiger partial charge >= 0.3 is 0 Å². The molecule has 0 heterocycles. The second-order valence-electron chi connectivity index (χ2n) is 4.37. The van der Waals surface area contributed by atoms with Crippen LogP contribution in [0.5, 0.6) is 0 Å². The number of nitrogens with one attached hydrogen (secondary N) is 1. The minimum absolute atomic E-state index is 0.0856. The smallest absolute Gasteiger partial charge is 0.141 e. The molecule has 2 rings (SSSR count). The van der Waals surface area contributed by atoms with Gasteiger partial charge < -0.3 is 0 Å². The second kappa shape index (κ2) is 6.74. The van der Waals surface area contributed by atoms with Crippen LogP contribution in [0.2, 0.25) is 15.1 Å². The Morgan fingerprint density at radius 3 is 2.25 bits per heavy atom. The topological polar surface area (TPSA) is 38.0 Å². The largest absolute Gasteiger partial charge is 0.271 e. The van der Waals surface area contributed by atoms with Crippen molar-refractivity contribution in [3.05, 3.63) is 68.4 Å². The molecule has 0 saturated carbocycles. The molecule has 3 N–H and O–H groups in total. The molecule has 0 saturated heterocycles. The monoisotopic (exact) mass is 332 g/mol. The van der Waals surface area contributed by atoms with Gasteiger partial charge in [-0.25, -0.2) is 4.39 Å². The lowest BCUT2D eigenvalue weighted by atomic mass is 9.99. The first kappa shape index (κ1) is 15.5. The van der Waals surface area contributed by atoms with Gasteiger partial charge in [-0.2, -0.15) is 0 Å². The lowest BCUT2D eigenvalue weighted by molar-refractivity contribution is 0.551. The van der Waals surface area contributed by atoms with Gasteiger partial charge in [0.1, 0.15) is 5.82 Å². The molecule has 0 aliphatic rings. The minimum Gasteiger partial charge on any atom is -0.271 e. The number of halogens is 4. The number of hydrazine groups is 1. The van der Waals surface area contributed by atoms with Crippen LogP contribution in [0.4, 0.5) is 4.39 Å². The maximum atomic E-state index is 13.1. The normalized spacial score (nSPS) is 12.4. The van der Waals surface area contributed by atoms with E-state index in [2.05, 4.69) is 5.43 Å². The Morgan fingerprint density at radius 1 is 1.05 bits per heavy atom. The lowest BCUT2D eigenvalue weighted by Crippen LogP contribution is -2.29. The highest BCUT2D eigenvalue weighted by molar-refractivity contribution is 6.34. The van der Waals surface area contributed by atoms with Crippen molar-refractivity contribution < 1.29 is 4.39 Å². The Kier molecular flexibility index (Phi) is 5.24. The van der Waals surface area contributed by atoms with Crippen LogP contribution in [0, 0.1) is 5.82 Å². The Labute approximate surface area is 131 Å². The van der Waals surface area contributed by atoms with Gasteiger partial charge in [0.15, 0.2) is 0 Å². The van der Waals surface area contributed by atoms with E-state index < -0.39 is 5.82 Å². The molecule has 0 aliphatic carbocycles. The summed E-state index contributed by atoms with van der Waals surface area (Å²) >= 11 is 17.7. The predicted molar refractivity (Wildman–Crippen MR) is 81.6 cm³/mol. The van der Waals surface area contributed by atoms with Crippen molar-refractivity contribution in [2.75, 3.05) is 0 Å². The minimum atomic E-state index is -0.446. The van der Waals surface area contributed by atoms with Crippen LogP contribution in [-0.2, 0) is 6.42 Å². The van der Waals surface area contributed by atoms with E-state index in [-0.39, 0.29) is 11.1 Å². The fourth-order valence-electron chi connectivity index (χ4n) is 1.95. The average molecular weight is 334 g/mol. The van der Waals surface area contributed by atoms with Crippen molar-refractivity contribution in [1.82, 2.24) is 5.43 Å². The Hall–Kier alpha value is -0.840. The highest BCUT2D eigenvalue weighted by Gasteiger charge is 2.13. The summed E-state index contributed by atoms with van der Waals surface area (Å²) in [5.41, 5.74) is 4.41. The lowest BCUT2D eigenvalue weighted by Gasteiger charge is -2.17. The van der Waals surface area contributed by atoms with Gasteiger partial charge in [-0.1, -0.05) is 40.9 Å². The van der Waals surface area contributed by atoms with Crippen molar-refractivity contribution in [3.8, 4) is 0 Å². The molecule has 0 fully saturated rings. The van der Waals surface area contributed by atoms with Crippen LogP contribution in [0.3, 0.4) is 0 Å². The molecule has 0 amide bonds. The fourth-order valence-corrected chi connectivity index (χ4v) is 2.70. The van der Waals surface area contributed by atoms with E-state index >= 15 is 0 Å². The van der Waals surface area contributed by atoms with Gasteiger partial charge in [0.2, 0.25) is 0 Å². The Bertz CT molecular complexity index is 599. The maximum Gasteiger partial charge on any atom is 0.141 e. The fraction of sp³-hybridized carbons (Fsp3) is 0.143. The van der Waals surface area contributed by atoms with Crippen LogP contribution in [0.1, 0.15) is 17.2 Å². The molecule has 0 aromatic heterocycles. The third-order valence-corrected chi connectivity index (χ3v) is 3.64. The first-order valence-corrected chi connectivity index (χ1v) is 6.99. The summed E-state index contributed by atoms with van der Waals surface area (Å²) < 4.78 is 13.1. The first-order valence-electron chi connectivity index (χ1n) is 5.85. The van der Waals surface area contributed by atoms with E-state index in [9.17, 15) is 4.39 Å². The summed E-state index contributed by atoms with van der Waals surface area (Å²) in [4.78, 5) is 0. The van der Waals surface area contributed by atoms with Crippen molar-refractivity contribution in [2.45, 2.75) is 12.5 Å². The Morgan fingerprint density at radius 2 is 1.70 bits per heavy atom. The predicted octanol–water partition coefficient (Wildman–Crippen LogP) is 4.53. The van der Waals surface area contributed by atoms with E-state index in [4.69, 9.17) is 40.6 Å². The van der Waals surface area contributed by atoms with E-state index in [1.165, 1.54) is 6.07 Å². The third-order valence-electron chi connectivity index (χ3n) is 2.91. The van der Waals surface area contributed by atoms with E-state index in [0.717, 1.165) is 11.1 Å². The Balaban J connectivity index is 2.26. The van der Waals surface area contributed by atoms with Gasteiger partial charge in [-0.15, -0.1) is 0 Å². The van der Waals surface area contributed by atoms with Gasteiger partial charge in [-0.05, 0) is 47.9 Å². The van der Waals surface area contributed by atoms with Crippen molar-refractivity contribution in [1.29, 1.82) is 0 Å². The molecule has 1 unspecified atom stereocenters. The molecule has 2 aromatic carbocycles. The van der Waals surface area contributed by atoms with E-state index in [0.29, 0.717) is 16.5 Å². The van der Waals surface area contributed by atoms with Gasteiger partial charge in [0, 0.05) is 10.0 Å². The maximum absolute atomic E-state index is 13.1. The third kappa shape index (κ3) is 3.84. The summed E-state index contributed by atoms with van der Waals surface area (Å²) in [6.45, 7) is 0. The van der Waals surface area contributed by atoms with Crippen LogP contribution in [0.15, 0.2) is 36.4 Å². The second-order valence-corrected chi connectivity index (χ2v) is 5.65. The highest BCUT2D eigenvalue weighted by atomic mass is 35.5. The quantitative estimate of drug-likeness (QED) is 0.637. The van der Waals surface area contributed by atoms with E-state index in [1.807, 2.05) is 0 Å². The zero-order chi connectivity index (χ0) is 14.7. The standard InChI is InChI=1S/C14H12Cl3FN2/c15-10-5-9(6-11(16)7-10)14(20-19)4-8-1-2-13(18)12(17)3-8/h1-3,5-7,14,20H,4,19H2. The zero-order valence-corrected chi connectivity index (χ0v) is 12.6. The molecule has 0 aliphatic heterocycles. The molecular weight excluding hydrogens is 322 g/mol. The summed E-state index contributed by atoms with van der Waals surface area (Å²) in [6.07, 6.45) is 0.535. The molecule has 106 valence electrons. The summed E-state index contributed by atoms with van der Waals surface area (Å²) in [5.74, 6) is 5.13. The molecule has 0 radical (unpaired) electrons. The number of hydrogen-bond donors (Lipinski definition) is 2. The van der Waals surface area contributed by atoms with Crippen LogP contribution >= 0.6 is 34.8 Å². The molecule has 6 heteroatoms. The number of benzene rings is 2. The molecule has 2 aromatic rings. The highest BCUT2D eigenvalue weighted by Crippen LogP contribution is 2.26. The molecule has 1 atom stereocenters. The van der Waals surface area contributed by atoms with Crippen molar-refractivity contribution in [3.63, 3.8) is 0 Å². The molecule has 0 bridgehead atoms. The SMILES string of the molecule is NNC(Cc1ccc(F)c(Cl)c1)c1cc(Cl)cc(Cl)c1. The van der Waals surface area contributed by atoms with Gasteiger partial charge in [0.25, 0.3) is 0 Å².